The van der Waals surface area contributed by atoms with Crippen LogP contribution in [0.1, 0.15) is 0 Å². The lowest BCUT2D eigenvalue weighted by molar-refractivity contribution is 0.208. The molecule has 0 atom stereocenters. The van der Waals surface area contributed by atoms with Gasteiger partial charge in [0.1, 0.15) is 5.75 Å². The molecule has 1 fully saturated rings. The van der Waals surface area contributed by atoms with E-state index in [0.29, 0.717) is 42.6 Å². The van der Waals surface area contributed by atoms with E-state index in [4.69, 9.17) is 16.3 Å². The minimum Gasteiger partial charge on any atom is -0.495 e. The molecule has 0 saturated carbocycles. The minimum absolute atomic E-state index is 0.183. The van der Waals surface area contributed by atoms with Crippen molar-refractivity contribution >= 4 is 39.9 Å². The van der Waals surface area contributed by atoms with Crippen LogP contribution in [0.15, 0.2) is 72.8 Å². The van der Waals surface area contributed by atoms with Crippen LogP contribution in [0.25, 0.3) is 22.0 Å². The minimum atomic E-state index is -0.183. The third kappa shape index (κ3) is 4.47. The molecule has 0 unspecified atom stereocenters. The SMILES string of the molecule is COc1ccc(Cl)cc1NC(=O)N1CCN(c2ccc(-c3cccc4ccccc34)nn2)CC1. The van der Waals surface area contributed by atoms with Gasteiger partial charge in [0, 0.05) is 36.8 Å². The van der Waals surface area contributed by atoms with Crippen LogP contribution in [0, 0.1) is 0 Å². The monoisotopic (exact) mass is 473 g/mol. The first-order valence-corrected chi connectivity index (χ1v) is 11.5. The molecular weight excluding hydrogens is 450 g/mol. The molecule has 1 aliphatic heterocycles. The van der Waals surface area contributed by atoms with Gasteiger partial charge in [0.2, 0.25) is 0 Å². The maximum Gasteiger partial charge on any atom is 0.322 e. The molecule has 2 amide bonds. The molecule has 3 aromatic carbocycles. The van der Waals surface area contributed by atoms with E-state index in [-0.39, 0.29) is 6.03 Å². The van der Waals surface area contributed by atoms with Crippen LogP contribution >= 0.6 is 11.6 Å². The molecule has 34 heavy (non-hydrogen) atoms. The van der Waals surface area contributed by atoms with E-state index in [1.54, 1.807) is 30.2 Å². The van der Waals surface area contributed by atoms with Crippen LogP contribution in [0.4, 0.5) is 16.3 Å². The van der Waals surface area contributed by atoms with Crippen LogP contribution in [-0.4, -0.2) is 54.4 Å². The van der Waals surface area contributed by atoms with E-state index in [1.165, 1.54) is 5.39 Å². The molecule has 0 radical (unpaired) electrons. The number of carbonyl (C=O) groups is 1. The Morgan fingerprint density at radius 2 is 1.74 bits per heavy atom. The van der Waals surface area contributed by atoms with Gasteiger partial charge in [0.05, 0.1) is 18.5 Å². The lowest BCUT2D eigenvalue weighted by Crippen LogP contribution is -2.50. The molecule has 0 bridgehead atoms. The Morgan fingerprint density at radius 1 is 0.941 bits per heavy atom. The molecule has 5 rings (SSSR count). The topological polar surface area (TPSA) is 70.6 Å². The van der Waals surface area contributed by atoms with Crippen molar-refractivity contribution in [2.45, 2.75) is 0 Å². The molecule has 1 saturated heterocycles. The Balaban J connectivity index is 1.24. The van der Waals surface area contributed by atoms with Gasteiger partial charge in [-0.1, -0.05) is 54.1 Å². The molecule has 2 heterocycles. The molecule has 7 nitrogen and oxygen atoms in total. The average molecular weight is 474 g/mol. The number of fused-ring (bicyclic) bond motifs is 1. The van der Waals surface area contributed by atoms with Crippen LogP contribution in [0.2, 0.25) is 5.02 Å². The summed E-state index contributed by atoms with van der Waals surface area (Å²) < 4.78 is 5.31. The standard InChI is InChI=1S/C26H24ClN5O2/c1-34-24-11-9-19(27)17-23(24)28-26(33)32-15-13-31(14-16-32)25-12-10-22(29-30-25)21-8-4-6-18-5-2-3-7-20(18)21/h2-12,17H,13-16H2,1H3,(H,28,33). The number of hydrogen-bond donors (Lipinski definition) is 1. The highest BCUT2D eigenvalue weighted by atomic mass is 35.5. The van der Waals surface area contributed by atoms with Gasteiger partial charge in [-0.05, 0) is 41.1 Å². The number of anilines is 2. The smallest absolute Gasteiger partial charge is 0.322 e. The second kappa shape index (κ2) is 9.57. The van der Waals surface area contributed by atoms with Crippen molar-refractivity contribution in [3.05, 3.63) is 77.8 Å². The Labute approximate surface area is 202 Å². The summed E-state index contributed by atoms with van der Waals surface area (Å²) in [5, 5.41) is 14.7. The number of benzene rings is 3. The molecule has 1 N–H and O–H groups in total. The summed E-state index contributed by atoms with van der Waals surface area (Å²) in [6, 6.07) is 23.4. The van der Waals surface area contributed by atoms with Gasteiger partial charge in [0.25, 0.3) is 0 Å². The zero-order valence-corrected chi connectivity index (χ0v) is 19.5. The van der Waals surface area contributed by atoms with E-state index >= 15 is 0 Å². The summed E-state index contributed by atoms with van der Waals surface area (Å²) in [6.45, 7) is 2.48. The van der Waals surface area contributed by atoms with E-state index in [9.17, 15) is 4.79 Å². The number of rotatable bonds is 4. The van der Waals surface area contributed by atoms with Crippen molar-refractivity contribution in [3.8, 4) is 17.0 Å². The van der Waals surface area contributed by atoms with Crippen molar-refractivity contribution in [2.75, 3.05) is 43.5 Å². The summed E-state index contributed by atoms with van der Waals surface area (Å²) in [5.74, 6) is 1.37. The number of urea groups is 1. The van der Waals surface area contributed by atoms with Crippen LogP contribution < -0.4 is 15.0 Å². The van der Waals surface area contributed by atoms with Crippen molar-refractivity contribution in [2.24, 2.45) is 0 Å². The molecule has 0 spiro atoms. The first-order valence-electron chi connectivity index (χ1n) is 11.1. The highest BCUT2D eigenvalue weighted by molar-refractivity contribution is 6.31. The van der Waals surface area contributed by atoms with E-state index < -0.39 is 0 Å². The highest BCUT2D eigenvalue weighted by Gasteiger charge is 2.23. The number of ether oxygens (including phenoxy) is 1. The van der Waals surface area contributed by atoms with Gasteiger partial charge in [-0.25, -0.2) is 4.79 Å². The Morgan fingerprint density at radius 3 is 2.50 bits per heavy atom. The Bertz CT molecular complexity index is 1320. The van der Waals surface area contributed by atoms with Gasteiger partial charge in [-0.15, -0.1) is 10.2 Å². The zero-order valence-electron chi connectivity index (χ0n) is 18.7. The third-order valence-electron chi connectivity index (χ3n) is 6.01. The van der Waals surface area contributed by atoms with E-state index in [0.717, 1.165) is 22.5 Å². The molecule has 0 aliphatic carbocycles. The third-order valence-corrected chi connectivity index (χ3v) is 6.25. The van der Waals surface area contributed by atoms with Crippen molar-refractivity contribution in [3.63, 3.8) is 0 Å². The van der Waals surface area contributed by atoms with Crippen LogP contribution in [0.3, 0.4) is 0 Å². The second-order valence-electron chi connectivity index (χ2n) is 8.05. The normalized spacial score (nSPS) is 13.7. The van der Waals surface area contributed by atoms with Gasteiger partial charge in [-0.2, -0.15) is 0 Å². The molecule has 4 aromatic rings. The van der Waals surface area contributed by atoms with Crippen molar-refractivity contribution < 1.29 is 9.53 Å². The van der Waals surface area contributed by atoms with Crippen molar-refractivity contribution in [1.29, 1.82) is 0 Å². The maximum absolute atomic E-state index is 12.8. The largest absolute Gasteiger partial charge is 0.495 e. The quantitative estimate of drug-likeness (QED) is 0.434. The van der Waals surface area contributed by atoms with Crippen LogP contribution in [0.5, 0.6) is 5.75 Å². The summed E-state index contributed by atoms with van der Waals surface area (Å²) in [4.78, 5) is 16.7. The molecule has 1 aromatic heterocycles. The number of piperazine rings is 1. The fraction of sp³-hybridized carbons (Fsp3) is 0.192. The number of aromatic nitrogens is 2. The zero-order chi connectivity index (χ0) is 23.5. The number of methoxy groups -OCH3 is 1. The van der Waals surface area contributed by atoms with Crippen molar-refractivity contribution in [1.82, 2.24) is 15.1 Å². The number of nitrogens with zero attached hydrogens (tertiary/aromatic N) is 4. The van der Waals surface area contributed by atoms with Gasteiger partial charge >= 0.3 is 6.03 Å². The average Bonchev–Trinajstić information content (AvgIpc) is 2.89. The predicted molar refractivity (Wildman–Crippen MR) is 136 cm³/mol. The van der Waals surface area contributed by atoms with E-state index in [1.807, 2.05) is 30.3 Å². The summed E-state index contributed by atoms with van der Waals surface area (Å²) in [5.41, 5.74) is 2.46. The lowest BCUT2D eigenvalue weighted by Gasteiger charge is -2.35. The van der Waals surface area contributed by atoms with Gasteiger partial charge in [0.15, 0.2) is 5.82 Å². The Hall–Kier alpha value is -3.84. The number of carbonyl (C=O) groups excluding carboxylic acids is 1. The van der Waals surface area contributed by atoms with E-state index in [2.05, 4.69) is 44.7 Å². The van der Waals surface area contributed by atoms with Crippen LogP contribution in [-0.2, 0) is 0 Å². The molecular formula is C26H24ClN5O2. The Kier molecular flexibility index (Phi) is 6.18. The number of hydrogen-bond acceptors (Lipinski definition) is 5. The fourth-order valence-corrected chi connectivity index (χ4v) is 4.37. The first kappa shape index (κ1) is 22.0. The van der Waals surface area contributed by atoms with Gasteiger partial charge < -0.3 is 19.9 Å². The molecule has 8 heteroatoms. The highest BCUT2D eigenvalue weighted by Crippen LogP contribution is 2.29. The first-order chi connectivity index (χ1) is 16.6. The second-order valence-corrected chi connectivity index (χ2v) is 8.49. The summed E-state index contributed by atoms with van der Waals surface area (Å²) in [7, 11) is 1.56. The number of halogens is 1. The predicted octanol–water partition coefficient (Wildman–Crippen LogP) is 5.31. The van der Waals surface area contributed by atoms with Gasteiger partial charge in [-0.3, -0.25) is 0 Å². The number of nitrogens with one attached hydrogen (secondary N) is 1. The fourth-order valence-electron chi connectivity index (χ4n) is 4.20. The number of amides is 2. The summed E-state index contributed by atoms with van der Waals surface area (Å²) >= 11 is 6.07. The maximum atomic E-state index is 12.8. The molecule has 1 aliphatic rings. The summed E-state index contributed by atoms with van der Waals surface area (Å²) in [6.07, 6.45) is 0. The molecule has 172 valence electrons. The lowest BCUT2D eigenvalue weighted by atomic mass is 10.0.